The summed E-state index contributed by atoms with van der Waals surface area (Å²) >= 11 is 5.87. The minimum atomic E-state index is 0.274. The van der Waals surface area contributed by atoms with Gasteiger partial charge >= 0.3 is 0 Å². The fourth-order valence-corrected chi connectivity index (χ4v) is 2.38. The van der Waals surface area contributed by atoms with Gasteiger partial charge in [-0.1, -0.05) is 23.7 Å². The van der Waals surface area contributed by atoms with Crippen molar-refractivity contribution in [3.8, 4) is 0 Å². The SMILES string of the molecule is CCN1CCN(Cc2ccc(Cl)cc2)CCC1=O. The van der Waals surface area contributed by atoms with Crippen molar-refractivity contribution in [3.63, 3.8) is 0 Å². The van der Waals surface area contributed by atoms with E-state index in [1.165, 1.54) is 5.56 Å². The molecular formula is C14H19ClN2O. The second kappa shape index (κ2) is 6.21. The molecule has 1 aliphatic rings. The van der Waals surface area contributed by atoms with Gasteiger partial charge in [-0.15, -0.1) is 0 Å². The molecule has 0 atom stereocenters. The molecule has 1 aliphatic heterocycles. The van der Waals surface area contributed by atoms with Crippen LogP contribution in [-0.2, 0) is 11.3 Å². The molecule has 98 valence electrons. The zero-order valence-electron chi connectivity index (χ0n) is 10.7. The van der Waals surface area contributed by atoms with Gasteiger partial charge in [0, 0.05) is 44.2 Å². The Balaban J connectivity index is 1.94. The molecular weight excluding hydrogens is 248 g/mol. The van der Waals surface area contributed by atoms with Crippen LogP contribution in [0, 0.1) is 0 Å². The van der Waals surface area contributed by atoms with Crippen LogP contribution in [0.3, 0.4) is 0 Å². The van der Waals surface area contributed by atoms with E-state index in [1.807, 2.05) is 36.1 Å². The Morgan fingerprint density at radius 3 is 2.56 bits per heavy atom. The van der Waals surface area contributed by atoms with Crippen LogP contribution in [0.5, 0.6) is 0 Å². The molecule has 1 fully saturated rings. The summed E-state index contributed by atoms with van der Waals surface area (Å²) in [5.74, 6) is 0.274. The van der Waals surface area contributed by atoms with Crippen LogP contribution >= 0.6 is 11.6 Å². The predicted octanol–water partition coefficient (Wildman–Crippen LogP) is 2.39. The molecule has 1 aromatic rings. The predicted molar refractivity (Wildman–Crippen MR) is 73.6 cm³/mol. The van der Waals surface area contributed by atoms with Crippen molar-refractivity contribution >= 4 is 17.5 Å². The number of amides is 1. The van der Waals surface area contributed by atoms with Crippen molar-refractivity contribution in [2.45, 2.75) is 19.9 Å². The number of hydrogen-bond donors (Lipinski definition) is 0. The highest BCUT2D eigenvalue weighted by Crippen LogP contribution is 2.13. The fraction of sp³-hybridized carbons (Fsp3) is 0.500. The average Bonchev–Trinajstić information content (AvgIpc) is 2.55. The summed E-state index contributed by atoms with van der Waals surface area (Å²) in [4.78, 5) is 16.0. The van der Waals surface area contributed by atoms with Gasteiger partial charge in [0.1, 0.15) is 0 Å². The van der Waals surface area contributed by atoms with E-state index in [9.17, 15) is 4.79 Å². The number of nitrogens with zero attached hydrogens (tertiary/aromatic N) is 2. The molecule has 0 aromatic heterocycles. The van der Waals surface area contributed by atoms with Crippen LogP contribution in [0.15, 0.2) is 24.3 Å². The summed E-state index contributed by atoms with van der Waals surface area (Å²) in [5, 5.41) is 0.766. The summed E-state index contributed by atoms with van der Waals surface area (Å²) in [6, 6.07) is 7.93. The van der Waals surface area contributed by atoms with E-state index in [1.54, 1.807) is 0 Å². The largest absolute Gasteiger partial charge is 0.342 e. The number of likely N-dealkylation sites (N-methyl/N-ethyl adjacent to an activating group) is 1. The Kier molecular flexibility index (Phi) is 4.61. The van der Waals surface area contributed by atoms with Crippen molar-refractivity contribution in [2.24, 2.45) is 0 Å². The molecule has 0 bridgehead atoms. The zero-order valence-corrected chi connectivity index (χ0v) is 11.5. The van der Waals surface area contributed by atoms with Gasteiger partial charge in [0.15, 0.2) is 0 Å². The molecule has 0 N–H and O–H groups in total. The molecule has 4 heteroatoms. The van der Waals surface area contributed by atoms with Gasteiger partial charge in [-0.2, -0.15) is 0 Å². The first-order valence-corrected chi connectivity index (χ1v) is 6.81. The normalized spacial score (nSPS) is 17.9. The Morgan fingerprint density at radius 1 is 1.17 bits per heavy atom. The second-order valence-corrected chi connectivity index (χ2v) is 5.06. The molecule has 0 spiro atoms. The van der Waals surface area contributed by atoms with Crippen LogP contribution < -0.4 is 0 Å². The number of benzene rings is 1. The molecule has 0 aliphatic carbocycles. The van der Waals surface area contributed by atoms with Crippen LogP contribution in [0.2, 0.25) is 5.02 Å². The summed E-state index contributed by atoms with van der Waals surface area (Å²) in [6.45, 7) is 6.37. The monoisotopic (exact) mass is 266 g/mol. The smallest absolute Gasteiger partial charge is 0.223 e. The van der Waals surface area contributed by atoms with Crippen molar-refractivity contribution < 1.29 is 4.79 Å². The van der Waals surface area contributed by atoms with Crippen molar-refractivity contribution in [3.05, 3.63) is 34.9 Å². The van der Waals surface area contributed by atoms with E-state index in [0.717, 1.165) is 37.7 Å². The lowest BCUT2D eigenvalue weighted by Crippen LogP contribution is -2.32. The number of rotatable bonds is 3. The maximum atomic E-state index is 11.8. The quantitative estimate of drug-likeness (QED) is 0.839. The lowest BCUT2D eigenvalue weighted by atomic mass is 10.2. The number of hydrogen-bond acceptors (Lipinski definition) is 2. The van der Waals surface area contributed by atoms with Crippen LogP contribution in [-0.4, -0.2) is 41.9 Å². The maximum Gasteiger partial charge on any atom is 0.223 e. The lowest BCUT2D eigenvalue weighted by Gasteiger charge is -2.21. The second-order valence-electron chi connectivity index (χ2n) is 4.63. The molecule has 1 heterocycles. The van der Waals surface area contributed by atoms with Crippen molar-refractivity contribution in [2.75, 3.05) is 26.2 Å². The van der Waals surface area contributed by atoms with Crippen LogP contribution in [0.1, 0.15) is 18.9 Å². The highest BCUT2D eigenvalue weighted by atomic mass is 35.5. The topological polar surface area (TPSA) is 23.6 Å². The van der Waals surface area contributed by atoms with E-state index in [4.69, 9.17) is 11.6 Å². The first-order chi connectivity index (χ1) is 8.69. The third kappa shape index (κ3) is 3.47. The third-order valence-electron chi connectivity index (χ3n) is 3.38. The number of carbonyl (C=O) groups excluding carboxylic acids is 1. The first kappa shape index (κ1) is 13.4. The van der Waals surface area contributed by atoms with Gasteiger partial charge in [0.05, 0.1) is 0 Å². The van der Waals surface area contributed by atoms with E-state index in [0.29, 0.717) is 6.42 Å². The molecule has 0 radical (unpaired) electrons. The molecule has 2 rings (SSSR count). The standard InChI is InChI=1S/C14H19ClN2O/c1-2-17-10-9-16(8-7-14(17)18)11-12-3-5-13(15)6-4-12/h3-6H,2,7-11H2,1H3. The van der Waals surface area contributed by atoms with Crippen molar-refractivity contribution in [1.82, 2.24) is 9.80 Å². The molecule has 18 heavy (non-hydrogen) atoms. The van der Waals surface area contributed by atoms with Gasteiger partial charge in [-0.3, -0.25) is 9.69 Å². The Labute approximate surface area is 113 Å². The van der Waals surface area contributed by atoms with Crippen LogP contribution in [0.25, 0.3) is 0 Å². The van der Waals surface area contributed by atoms with Gasteiger partial charge < -0.3 is 4.90 Å². The summed E-state index contributed by atoms with van der Waals surface area (Å²) in [7, 11) is 0. The highest BCUT2D eigenvalue weighted by Gasteiger charge is 2.19. The van der Waals surface area contributed by atoms with E-state index in [2.05, 4.69) is 4.90 Å². The third-order valence-corrected chi connectivity index (χ3v) is 3.63. The molecule has 1 saturated heterocycles. The summed E-state index contributed by atoms with van der Waals surface area (Å²) < 4.78 is 0. The molecule has 0 unspecified atom stereocenters. The van der Waals surface area contributed by atoms with Crippen LogP contribution in [0.4, 0.5) is 0 Å². The minimum Gasteiger partial charge on any atom is -0.342 e. The Hall–Kier alpha value is -1.06. The minimum absolute atomic E-state index is 0.274. The number of carbonyl (C=O) groups is 1. The molecule has 1 amide bonds. The Morgan fingerprint density at radius 2 is 1.89 bits per heavy atom. The Bertz CT molecular complexity index is 405. The van der Waals surface area contributed by atoms with E-state index >= 15 is 0 Å². The van der Waals surface area contributed by atoms with Crippen molar-refractivity contribution in [1.29, 1.82) is 0 Å². The molecule has 3 nitrogen and oxygen atoms in total. The average molecular weight is 267 g/mol. The zero-order chi connectivity index (χ0) is 13.0. The highest BCUT2D eigenvalue weighted by molar-refractivity contribution is 6.30. The van der Waals surface area contributed by atoms with Gasteiger partial charge in [0.25, 0.3) is 0 Å². The summed E-state index contributed by atoms with van der Waals surface area (Å²) in [5.41, 5.74) is 1.25. The first-order valence-electron chi connectivity index (χ1n) is 6.43. The van der Waals surface area contributed by atoms with E-state index in [-0.39, 0.29) is 5.91 Å². The maximum absolute atomic E-state index is 11.8. The lowest BCUT2D eigenvalue weighted by molar-refractivity contribution is -0.130. The van der Waals surface area contributed by atoms with Gasteiger partial charge in [-0.25, -0.2) is 0 Å². The van der Waals surface area contributed by atoms with E-state index < -0.39 is 0 Å². The van der Waals surface area contributed by atoms with Gasteiger partial charge in [0.2, 0.25) is 5.91 Å². The molecule has 1 aromatic carbocycles. The fourth-order valence-electron chi connectivity index (χ4n) is 2.25. The number of halogens is 1. The summed E-state index contributed by atoms with van der Waals surface area (Å²) in [6.07, 6.45) is 0.626. The molecule has 0 saturated carbocycles. The van der Waals surface area contributed by atoms with Gasteiger partial charge in [-0.05, 0) is 24.6 Å².